The van der Waals surface area contributed by atoms with E-state index < -0.39 is 0 Å². The summed E-state index contributed by atoms with van der Waals surface area (Å²) < 4.78 is 2.52. The van der Waals surface area contributed by atoms with E-state index in [4.69, 9.17) is 0 Å². The van der Waals surface area contributed by atoms with E-state index in [2.05, 4.69) is 48.0 Å². The number of aryl methyl sites for hydroxylation is 1. The first kappa shape index (κ1) is 13.4. The van der Waals surface area contributed by atoms with Gasteiger partial charge in [-0.25, -0.2) is 0 Å². The third kappa shape index (κ3) is 1.94. The molecular weight excluding hydrogens is 244 g/mol. The largest absolute Gasteiger partial charge is 0.342 e. The Hall–Kier alpha value is -0.990. The van der Waals surface area contributed by atoms with Crippen LogP contribution in [0.2, 0.25) is 0 Å². The molecule has 1 aliphatic rings. The van der Waals surface area contributed by atoms with Crippen molar-refractivity contribution in [1.29, 1.82) is 0 Å². The highest BCUT2D eigenvalue weighted by Crippen LogP contribution is 2.33. The van der Waals surface area contributed by atoms with Crippen LogP contribution < -0.4 is 5.32 Å². The van der Waals surface area contributed by atoms with Crippen LogP contribution in [0.5, 0.6) is 0 Å². The molecule has 18 heavy (non-hydrogen) atoms. The fourth-order valence-electron chi connectivity index (χ4n) is 3.16. The molecule has 1 aliphatic heterocycles. The van der Waals surface area contributed by atoms with Gasteiger partial charge in [0.05, 0.1) is 0 Å². The number of hydrogen-bond donors (Lipinski definition) is 1. The maximum Gasteiger partial charge on any atom is 0.0486 e. The fraction of sp³-hybridized carbons (Fsp3) is 0.467. The van der Waals surface area contributed by atoms with Crippen LogP contribution in [0.25, 0.3) is 10.9 Å². The van der Waals surface area contributed by atoms with Crippen LogP contribution in [-0.2, 0) is 6.54 Å². The van der Waals surface area contributed by atoms with Gasteiger partial charge < -0.3 is 9.88 Å². The van der Waals surface area contributed by atoms with Gasteiger partial charge in [0.25, 0.3) is 0 Å². The minimum Gasteiger partial charge on any atom is -0.342 e. The summed E-state index contributed by atoms with van der Waals surface area (Å²) in [6.07, 6.45) is 2.47. The molecule has 0 amide bonds. The van der Waals surface area contributed by atoms with Gasteiger partial charge in [0, 0.05) is 35.7 Å². The standard InChI is InChI=1S/C15H20N2.ClH/c1-3-6-13-15-11(2)12-7-4-5-8-14(12)17(15)10-9-16-13;/h4-5,7-8,13,16H,3,6,9-10H2,1-2H3;1H. The first-order valence-electron chi connectivity index (χ1n) is 6.64. The molecule has 1 aromatic carbocycles. The molecule has 1 N–H and O–H groups in total. The topological polar surface area (TPSA) is 17.0 Å². The number of rotatable bonds is 2. The molecule has 2 nitrogen and oxygen atoms in total. The zero-order valence-corrected chi connectivity index (χ0v) is 11.9. The van der Waals surface area contributed by atoms with Crippen molar-refractivity contribution < 1.29 is 0 Å². The van der Waals surface area contributed by atoms with Crippen LogP contribution >= 0.6 is 12.4 Å². The highest BCUT2D eigenvalue weighted by Gasteiger charge is 2.24. The second-order valence-corrected chi connectivity index (χ2v) is 4.97. The molecule has 0 saturated heterocycles. The Morgan fingerprint density at radius 3 is 2.89 bits per heavy atom. The summed E-state index contributed by atoms with van der Waals surface area (Å²) in [6.45, 7) is 6.72. The monoisotopic (exact) mass is 264 g/mol. The average Bonchev–Trinajstić information content (AvgIpc) is 2.66. The van der Waals surface area contributed by atoms with Crippen molar-refractivity contribution in [3.8, 4) is 0 Å². The van der Waals surface area contributed by atoms with Crippen LogP contribution in [0.1, 0.15) is 37.1 Å². The number of para-hydroxylation sites is 1. The number of aromatic nitrogens is 1. The minimum atomic E-state index is 0. The van der Waals surface area contributed by atoms with Crippen molar-refractivity contribution in [2.45, 2.75) is 39.3 Å². The highest BCUT2D eigenvalue weighted by molar-refractivity contribution is 5.86. The molecule has 2 aromatic rings. The number of fused-ring (bicyclic) bond motifs is 3. The molecular formula is C15H21ClN2. The third-order valence-electron chi connectivity index (χ3n) is 3.91. The molecule has 0 aliphatic carbocycles. The molecule has 2 heterocycles. The van der Waals surface area contributed by atoms with E-state index in [1.165, 1.54) is 35.0 Å². The van der Waals surface area contributed by atoms with Crippen molar-refractivity contribution in [3.63, 3.8) is 0 Å². The van der Waals surface area contributed by atoms with E-state index in [-0.39, 0.29) is 12.4 Å². The van der Waals surface area contributed by atoms with Crippen LogP contribution in [-0.4, -0.2) is 11.1 Å². The fourth-order valence-corrected chi connectivity index (χ4v) is 3.16. The van der Waals surface area contributed by atoms with Gasteiger partial charge in [0.1, 0.15) is 0 Å². The number of nitrogens with one attached hydrogen (secondary N) is 1. The number of halogens is 1. The Balaban J connectivity index is 0.00000120. The molecule has 0 bridgehead atoms. The summed E-state index contributed by atoms with van der Waals surface area (Å²) in [5.41, 5.74) is 4.38. The summed E-state index contributed by atoms with van der Waals surface area (Å²) in [6, 6.07) is 9.33. The third-order valence-corrected chi connectivity index (χ3v) is 3.91. The Bertz CT molecular complexity index is 545. The van der Waals surface area contributed by atoms with Crippen LogP contribution in [0.15, 0.2) is 24.3 Å². The van der Waals surface area contributed by atoms with Crippen molar-refractivity contribution in [2.24, 2.45) is 0 Å². The Labute approximate surface area is 115 Å². The van der Waals surface area contributed by atoms with E-state index in [0.717, 1.165) is 13.1 Å². The summed E-state index contributed by atoms with van der Waals surface area (Å²) >= 11 is 0. The van der Waals surface area contributed by atoms with Crippen molar-refractivity contribution in [3.05, 3.63) is 35.5 Å². The van der Waals surface area contributed by atoms with E-state index >= 15 is 0 Å². The molecule has 0 saturated carbocycles. The van der Waals surface area contributed by atoms with E-state index in [0.29, 0.717) is 6.04 Å². The predicted octanol–water partition coefficient (Wildman–Crippen LogP) is 3.82. The number of hydrogen-bond acceptors (Lipinski definition) is 1. The van der Waals surface area contributed by atoms with E-state index in [1.54, 1.807) is 0 Å². The molecule has 3 heteroatoms. The molecule has 0 radical (unpaired) electrons. The Morgan fingerprint density at radius 1 is 1.33 bits per heavy atom. The lowest BCUT2D eigenvalue weighted by Gasteiger charge is -2.27. The van der Waals surface area contributed by atoms with Crippen molar-refractivity contribution in [1.82, 2.24) is 9.88 Å². The lowest BCUT2D eigenvalue weighted by Crippen LogP contribution is -2.33. The molecule has 1 atom stereocenters. The average molecular weight is 265 g/mol. The van der Waals surface area contributed by atoms with Gasteiger partial charge in [0.2, 0.25) is 0 Å². The van der Waals surface area contributed by atoms with Crippen LogP contribution in [0, 0.1) is 6.92 Å². The van der Waals surface area contributed by atoms with Gasteiger partial charge in [-0.15, -0.1) is 12.4 Å². The van der Waals surface area contributed by atoms with Gasteiger partial charge in [-0.3, -0.25) is 0 Å². The normalized spacial score (nSPS) is 18.4. The number of nitrogens with zero attached hydrogens (tertiary/aromatic N) is 1. The van der Waals surface area contributed by atoms with E-state index in [9.17, 15) is 0 Å². The zero-order valence-electron chi connectivity index (χ0n) is 11.1. The zero-order chi connectivity index (χ0) is 11.8. The van der Waals surface area contributed by atoms with Crippen molar-refractivity contribution >= 4 is 23.3 Å². The summed E-state index contributed by atoms with van der Waals surface area (Å²) in [5.74, 6) is 0. The molecule has 98 valence electrons. The van der Waals surface area contributed by atoms with E-state index in [1.807, 2.05) is 0 Å². The molecule has 1 unspecified atom stereocenters. The quantitative estimate of drug-likeness (QED) is 0.873. The first-order valence-corrected chi connectivity index (χ1v) is 6.64. The SMILES string of the molecule is CCCC1NCCn2c1c(C)c1ccccc12.Cl. The van der Waals surface area contributed by atoms with Gasteiger partial charge in [-0.05, 0) is 25.0 Å². The Kier molecular flexibility index (Phi) is 3.98. The summed E-state index contributed by atoms with van der Waals surface area (Å²) in [5, 5.41) is 5.08. The highest BCUT2D eigenvalue weighted by atomic mass is 35.5. The van der Waals surface area contributed by atoms with Gasteiger partial charge >= 0.3 is 0 Å². The molecule has 3 rings (SSSR count). The van der Waals surface area contributed by atoms with Gasteiger partial charge in [-0.1, -0.05) is 31.5 Å². The Morgan fingerprint density at radius 2 is 2.11 bits per heavy atom. The molecule has 0 fully saturated rings. The second-order valence-electron chi connectivity index (χ2n) is 4.97. The molecule has 1 aromatic heterocycles. The number of benzene rings is 1. The first-order chi connectivity index (χ1) is 8.33. The van der Waals surface area contributed by atoms with Crippen molar-refractivity contribution in [2.75, 3.05) is 6.54 Å². The maximum absolute atomic E-state index is 3.66. The lowest BCUT2D eigenvalue weighted by atomic mass is 10.0. The van der Waals surface area contributed by atoms with Gasteiger partial charge in [-0.2, -0.15) is 0 Å². The smallest absolute Gasteiger partial charge is 0.0486 e. The van der Waals surface area contributed by atoms with Crippen LogP contribution in [0.4, 0.5) is 0 Å². The predicted molar refractivity (Wildman–Crippen MR) is 79.6 cm³/mol. The lowest BCUT2D eigenvalue weighted by molar-refractivity contribution is 0.407. The molecule has 0 spiro atoms. The van der Waals surface area contributed by atoms with Crippen LogP contribution in [0.3, 0.4) is 0 Å². The second kappa shape index (κ2) is 5.33. The summed E-state index contributed by atoms with van der Waals surface area (Å²) in [7, 11) is 0. The maximum atomic E-state index is 3.66. The van der Waals surface area contributed by atoms with Gasteiger partial charge in [0.15, 0.2) is 0 Å². The minimum absolute atomic E-state index is 0. The summed E-state index contributed by atoms with van der Waals surface area (Å²) in [4.78, 5) is 0.